The second kappa shape index (κ2) is 7.78. The summed E-state index contributed by atoms with van der Waals surface area (Å²) in [5.74, 6) is 0.177. The minimum Gasteiger partial charge on any atom is -0.507 e. The molecule has 0 radical (unpaired) electrons. The van der Waals surface area contributed by atoms with Crippen molar-refractivity contribution >= 4 is 22.7 Å². The van der Waals surface area contributed by atoms with Crippen LogP contribution >= 0.6 is 22.7 Å². The van der Waals surface area contributed by atoms with Gasteiger partial charge >= 0.3 is 0 Å². The van der Waals surface area contributed by atoms with Gasteiger partial charge in [-0.15, -0.1) is 22.7 Å². The summed E-state index contributed by atoms with van der Waals surface area (Å²) in [4.78, 5) is 18.1. The van der Waals surface area contributed by atoms with Gasteiger partial charge in [-0.05, 0) is 48.9 Å². The minimum atomic E-state index is 0.177. The topological polar surface area (TPSA) is 71.8 Å². The third-order valence-corrected chi connectivity index (χ3v) is 6.31. The highest BCUT2D eigenvalue weighted by Crippen LogP contribution is 2.41. The molecular formula is C23H16N4OS2. The lowest BCUT2D eigenvalue weighted by atomic mass is 10.0. The molecule has 0 bridgehead atoms. The van der Waals surface area contributed by atoms with E-state index in [-0.39, 0.29) is 5.75 Å². The van der Waals surface area contributed by atoms with Crippen LogP contribution in [0.25, 0.3) is 43.9 Å². The van der Waals surface area contributed by atoms with Crippen LogP contribution in [-0.2, 0) is 0 Å². The number of pyridine rings is 2. The average Bonchev–Trinajstić information content (AvgIpc) is 3.47. The molecular weight excluding hydrogens is 412 g/mol. The van der Waals surface area contributed by atoms with Crippen molar-refractivity contribution in [1.82, 2.24) is 19.9 Å². The number of hydrogen-bond donors (Lipinski definition) is 1. The number of phenols is 1. The van der Waals surface area contributed by atoms with E-state index in [4.69, 9.17) is 9.97 Å². The number of benzene rings is 1. The van der Waals surface area contributed by atoms with Crippen LogP contribution in [0.4, 0.5) is 0 Å². The molecule has 0 saturated heterocycles. The van der Waals surface area contributed by atoms with Crippen LogP contribution in [-0.4, -0.2) is 25.0 Å². The zero-order valence-corrected chi connectivity index (χ0v) is 17.6. The Morgan fingerprint density at radius 1 is 0.700 bits per heavy atom. The van der Waals surface area contributed by atoms with E-state index in [1.807, 2.05) is 66.2 Å². The number of aromatic hydroxyl groups is 1. The molecule has 0 aliphatic heterocycles. The average molecular weight is 429 g/mol. The van der Waals surface area contributed by atoms with Gasteiger partial charge in [-0.25, -0.2) is 9.97 Å². The number of aromatic nitrogens is 4. The van der Waals surface area contributed by atoms with Crippen molar-refractivity contribution in [2.45, 2.75) is 6.92 Å². The molecule has 0 aliphatic carbocycles. The summed E-state index contributed by atoms with van der Waals surface area (Å²) in [6.07, 6.45) is 3.50. The van der Waals surface area contributed by atoms with Crippen LogP contribution in [0.5, 0.6) is 5.75 Å². The van der Waals surface area contributed by atoms with Crippen LogP contribution in [0.3, 0.4) is 0 Å². The van der Waals surface area contributed by atoms with Crippen molar-refractivity contribution in [3.63, 3.8) is 0 Å². The van der Waals surface area contributed by atoms with Gasteiger partial charge in [0.1, 0.15) is 15.8 Å². The van der Waals surface area contributed by atoms with Crippen LogP contribution in [0.15, 0.2) is 71.7 Å². The highest BCUT2D eigenvalue weighted by molar-refractivity contribution is 7.13. The van der Waals surface area contributed by atoms with Gasteiger partial charge in [-0.1, -0.05) is 12.1 Å². The van der Waals surface area contributed by atoms with E-state index in [1.165, 1.54) is 22.7 Å². The highest BCUT2D eigenvalue weighted by Gasteiger charge is 2.18. The SMILES string of the molecule is Cc1cc(-c2csc(-c3ccccn3)n2)c(O)c(-c2csc(-c3ccccn3)n2)c1. The molecule has 5 nitrogen and oxygen atoms in total. The Hall–Kier alpha value is -3.42. The van der Waals surface area contributed by atoms with Gasteiger partial charge in [0.15, 0.2) is 0 Å². The first kappa shape index (κ1) is 18.6. The number of phenolic OH excluding ortho intramolecular Hbond substituents is 1. The number of thiazole rings is 2. The predicted octanol–water partition coefficient (Wildman–Crippen LogP) is 6.07. The van der Waals surface area contributed by atoms with E-state index < -0.39 is 0 Å². The van der Waals surface area contributed by atoms with Gasteiger partial charge in [0.25, 0.3) is 0 Å². The molecule has 30 heavy (non-hydrogen) atoms. The zero-order chi connectivity index (χ0) is 20.5. The van der Waals surface area contributed by atoms with Crippen molar-refractivity contribution in [3.8, 4) is 49.7 Å². The van der Waals surface area contributed by atoms with Gasteiger partial charge in [0, 0.05) is 34.3 Å². The summed E-state index contributed by atoms with van der Waals surface area (Å²) < 4.78 is 0. The lowest BCUT2D eigenvalue weighted by Gasteiger charge is -2.09. The largest absolute Gasteiger partial charge is 0.507 e. The number of aryl methyl sites for hydroxylation is 1. The maximum Gasteiger partial charge on any atom is 0.142 e. The van der Waals surface area contributed by atoms with Gasteiger partial charge < -0.3 is 5.11 Å². The maximum absolute atomic E-state index is 11.1. The van der Waals surface area contributed by atoms with E-state index in [2.05, 4.69) is 9.97 Å². The van der Waals surface area contributed by atoms with Crippen LogP contribution in [0, 0.1) is 6.92 Å². The van der Waals surface area contributed by atoms with Crippen molar-refractivity contribution < 1.29 is 5.11 Å². The molecule has 0 amide bonds. The summed E-state index contributed by atoms with van der Waals surface area (Å²) in [5.41, 5.74) is 5.50. The Balaban J connectivity index is 1.56. The summed E-state index contributed by atoms with van der Waals surface area (Å²) in [6.45, 7) is 2.00. The maximum atomic E-state index is 11.1. The van der Waals surface area contributed by atoms with E-state index >= 15 is 0 Å². The molecule has 5 aromatic rings. The first-order chi connectivity index (χ1) is 14.7. The summed E-state index contributed by atoms with van der Waals surface area (Å²) in [7, 11) is 0. The summed E-state index contributed by atoms with van der Waals surface area (Å²) in [5, 5.41) is 16.6. The molecule has 0 atom stereocenters. The Morgan fingerprint density at radius 3 is 1.63 bits per heavy atom. The fourth-order valence-electron chi connectivity index (χ4n) is 3.18. The number of nitrogens with zero attached hydrogens (tertiary/aromatic N) is 4. The highest BCUT2D eigenvalue weighted by atomic mass is 32.1. The second-order valence-electron chi connectivity index (χ2n) is 6.71. The van der Waals surface area contributed by atoms with Crippen LogP contribution < -0.4 is 0 Å². The number of hydrogen-bond acceptors (Lipinski definition) is 7. The first-order valence-corrected chi connectivity index (χ1v) is 11.0. The normalized spacial score (nSPS) is 11.0. The monoisotopic (exact) mass is 428 g/mol. The van der Waals surface area contributed by atoms with E-state index in [9.17, 15) is 5.11 Å². The lowest BCUT2D eigenvalue weighted by Crippen LogP contribution is -1.89. The Morgan fingerprint density at radius 2 is 1.20 bits per heavy atom. The predicted molar refractivity (Wildman–Crippen MR) is 122 cm³/mol. The van der Waals surface area contributed by atoms with Gasteiger partial charge in [0.05, 0.1) is 22.8 Å². The van der Waals surface area contributed by atoms with Crippen LogP contribution in [0.1, 0.15) is 5.56 Å². The third-order valence-electron chi connectivity index (χ3n) is 4.58. The Kier molecular flexibility index (Phi) is 4.82. The van der Waals surface area contributed by atoms with Gasteiger partial charge in [0.2, 0.25) is 0 Å². The molecule has 1 N–H and O–H groups in total. The number of rotatable bonds is 4. The first-order valence-electron chi connectivity index (χ1n) is 9.27. The fourth-order valence-corrected chi connectivity index (χ4v) is 4.77. The van der Waals surface area contributed by atoms with Crippen molar-refractivity contribution in [2.24, 2.45) is 0 Å². The minimum absolute atomic E-state index is 0.177. The van der Waals surface area contributed by atoms with E-state index in [1.54, 1.807) is 12.4 Å². The smallest absolute Gasteiger partial charge is 0.142 e. The molecule has 5 rings (SSSR count). The molecule has 146 valence electrons. The lowest BCUT2D eigenvalue weighted by molar-refractivity contribution is 0.479. The molecule has 4 heterocycles. The molecule has 0 aliphatic rings. The van der Waals surface area contributed by atoms with Crippen molar-refractivity contribution in [3.05, 3.63) is 77.2 Å². The Bertz CT molecular complexity index is 1210. The van der Waals surface area contributed by atoms with E-state index in [0.717, 1.165) is 38.4 Å². The van der Waals surface area contributed by atoms with Gasteiger partial charge in [-0.3, -0.25) is 9.97 Å². The third kappa shape index (κ3) is 3.49. The molecule has 1 aromatic carbocycles. The molecule has 4 aromatic heterocycles. The molecule has 0 fully saturated rings. The standard InChI is InChI=1S/C23H16N4OS2/c1-14-10-15(19-12-29-22(26-19)17-6-2-4-8-24-17)21(28)16(11-14)20-13-30-23(27-20)18-7-3-5-9-25-18/h2-13,28H,1H3. The fraction of sp³-hybridized carbons (Fsp3) is 0.0435. The molecule has 0 spiro atoms. The van der Waals surface area contributed by atoms with Gasteiger partial charge in [-0.2, -0.15) is 0 Å². The summed E-state index contributed by atoms with van der Waals surface area (Å²) in [6, 6.07) is 15.4. The molecule has 0 saturated carbocycles. The quantitative estimate of drug-likeness (QED) is 0.376. The molecule has 0 unspecified atom stereocenters. The van der Waals surface area contributed by atoms with E-state index in [0.29, 0.717) is 11.1 Å². The van der Waals surface area contributed by atoms with Crippen molar-refractivity contribution in [2.75, 3.05) is 0 Å². The van der Waals surface area contributed by atoms with Crippen molar-refractivity contribution in [1.29, 1.82) is 0 Å². The summed E-state index contributed by atoms with van der Waals surface area (Å²) >= 11 is 3.02. The molecule has 7 heteroatoms. The Labute approximate surface area is 181 Å². The van der Waals surface area contributed by atoms with Crippen LogP contribution in [0.2, 0.25) is 0 Å². The second-order valence-corrected chi connectivity index (χ2v) is 8.43. The zero-order valence-electron chi connectivity index (χ0n) is 16.0.